The lowest BCUT2D eigenvalue weighted by Crippen LogP contribution is -2.48. The number of aliphatic hydroxyl groups excluding tert-OH is 2. The second-order valence-corrected chi connectivity index (χ2v) is 10.7. The summed E-state index contributed by atoms with van der Waals surface area (Å²) < 4.78 is 29.1. The summed E-state index contributed by atoms with van der Waals surface area (Å²) in [6, 6.07) is 29.6. The average Bonchev–Trinajstić information content (AvgIpc) is 3.58. The second kappa shape index (κ2) is 11.9. The van der Waals surface area contributed by atoms with Crippen LogP contribution in [0.15, 0.2) is 97.3 Å². The van der Waals surface area contributed by atoms with Gasteiger partial charge in [-0.25, -0.2) is 9.37 Å². The van der Waals surface area contributed by atoms with Crippen molar-refractivity contribution in [3.05, 3.63) is 114 Å². The van der Waals surface area contributed by atoms with Crippen LogP contribution in [-0.2, 0) is 15.1 Å². The Kier molecular flexibility index (Phi) is 8.04. The molecule has 1 aliphatic heterocycles. The molecule has 228 valence electrons. The molecular weight excluding hydrogens is 565 g/mol. The molecule has 10 nitrogen and oxygen atoms in total. The van der Waals surface area contributed by atoms with Crippen LogP contribution in [0.1, 0.15) is 36.8 Å². The SMILES string of the molecule is CCOc1nc(N(OC)C(c2ccccc2)(c2ccccc2)c2ccccc2)nc2c1ncn2[C@@H]1O[C@H](CO)[C@@H](O)[C@@]1(C)F. The van der Waals surface area contributed by atoms with Crippen molar-refractivity contribution in [1.29, 1.82) is 0 Å². The van der Waals surface area contributed by atoms with E-state index in [1.54, 1.807) is 5.06 Å². The number of anilines is 1. The number of halogens is 1. The molecule has 44 heavy (non-hydrogen) atoms. The molecule has 2 aromatic heterocycles. The minimum absolute atomic E-state index is 0.111. The monoisotopic (exact) mass is 599 g/mol. The summed E-state index contributed by atoms with van der Waals surface area (Å²) in [5.74, 6) is 0.272. The van der Waals surface area contributed by atoms with E-state index in [4.69, 9.17) is 24.3 Å². The molecule has 1 saturated heterocycles. The first-order valence-corrected chi connectivity index (χ1v) is 14.4. The van der Waals surface area contributed by atoms with Gasteiger partial charge in [-0.05, 0) is 30.5 Å². The lowest BCUT2D eigenvalue weighted by Gasteiger charge is -2.43. The first-order valence-electron chi connectivity index (χ1n) is 14.4. The molecule has 3 aromatic carbocycles. The predicted octanol–water partition coefficient (Wildman–Crippen LogP) is 4.56. The maximum atomic E-state index is 16.0. The van der Waals surface area contributed by atoms with Gasteiger partial charge in [-0.2, -0.15) is 15.0 Å². The first-order chi connectivity index (χ1) is 21.4. The van der Waals surface area contributed by atoms with E-state index in [2.05, 4.69) is 4.98 Å². The number of alkyl halides is 1. The summed E-state index contributed by atoms with van der Waals surface area (Å²) in [7, 11) is 1.54. The molecule has 0 aliphatic carbocycles. The minimum Gasteiger partial charge on any atom is -0.476 e. The number of benzene rings is 3. The molecule has 6 rings (SSSR count). The van der Waals surface area contributed by atoms with Crippen molar-refractivity contribution in [1.82, 2.24) is 19.5 Å². The van der Waals surface area contributed by atoms with Crippen LogP contribution in [0.25, 0.3) is 11.2 Å². The number of imidazole rings is 1. The number of nitrogens with zero attached hydrogens (tertiary/aromatic N) is 5. The summed E-state index contributed by atoms with van der Waals surface area (Å²) in [5, 5.41) is 21.9. The fraction of sp³-hybridized carbons (Fsp3) is 0.303. The Morgan fingerprint density at radius 1 is 0.955 bits per heavy atom. The van der Waals surface area contributed by atoms with E-state index in [9.17, 15) is 10.2 Å². The summed E-state index contributed by atoms with van der Waals surface area (Å²) in [4.78, 5) is 20.4. The number of hydrogen-bond acceptors (Lipinski definition) is 9. The normalized spacial score (nSPS) is 21.9. The fourth-order valence-electron chi connectivity index (χ4n) is 6.00. The van der Waals surface area contributed by atoms with Crippen molar-refractivity contribution in [3.63, 3.8) is 0 Å². The molecule has 3 heterocycles. The van der Waals surface area contributed by atoms with Crippen LogP contribution in [0, 0.1) is 0 Å². The molecule has 0 unspecified atom stereocenters. The predicted molar refractivity (Wildman–Crippen MR) is 162 cm³/mol. The smallest absolute Gasteiger partial charge is 0.256 e. The van der Waals surface area contributed by atoms with E-state index < -0.39 is 36.3 Å². The van der Waals surface area contributed by atoms with Crippen molar-refractivity contribution in [2.45, 2.75) is 43.5 Å². The summed E-state index contributed by atoms with van der Waals surface area (Å²) in [6.07, 6.45) is -2.66. The molecule has 0 bridgehead atoms. The highest BCUT2D eigenvalue weighted by atomic mass is 19.1. The third-order valence-electron chi connectivity index (χ3n) is 8.05. The first kappa shape index (κ1) is 29.6. The van der Waals surface area contributed by atoms with E-state index in [1.807, 2.05) is 97.9 Å². The number of hydrogen-bond donors (Lipinski definition) is 2. The largest absolute Gasteiger partial charge is 0.476 e. The highest BCUT2D eigenvalue weighted by Crippen LogP contribution is 2.46. The molecule has 0 amide bonds. The van der Waals surface area contributed by atoms with E-state index >= 15 is 4.39 Å². The van der Waals surface area contributed by atoms with Crippen LogP contribution in [0.2, 0.25) is 0 Å². The van der Waals surface area contributed by atoms with Crippen LogP contribution in [0.3, 0.4) is 0 Å². The van der Waals surface area contributed by atoms with Gasteiger partial charge in [0.1, 0.15) is 17.7 Å². The number of aromatic nitrogens is 4. The van der Waals surface area contributed by atoms with Crippen LogP contribution < -0.4 is 9.80 Å². The van der Waals surface area contributed by atoms with E-state index in [0.29, 0.717) is 0 Å². The number of rotatable bonds is 10. The van der Waals surface area contributed by atoms with Crippen molar-refractivity contribution in [2.24, 2.45) is 0 Å². The van der Waals surface area contributed by atoms with Crippen LogP contribution >= 0.6 is 0 Å². The van der Waals surface area contributed by atoms with E-state index in [1.165, 1.54) is 24.9 Å². The van der Waals surface area contributed by atoms with Crippen LogP contribution in [0.4, 0.5) is 10.3 Å². The number of ether oxygens (including phenoxy) is 2. The quantitative estimate of drug-likeness (QED) is 0.176. The number of hydroxylamine groups is 1. The van der Waals surface area contributed by atoms with Gasteiger partial charge < -0.3 is 19.7 Å². The zero-order valence-electron chi connectivity index (χ0n) is 24.6. The maximum Gasteiger partial charge on any atom is 0.256 e. The Balaban J connectivity index is 1.64. The van der Waals surface area contributed by atoms with E-state index in [0.717, 1.165) is 16.7 Å². The van der Waals surface area contributed by atoms with E-state index in [-0.39, 0.29) is 29.6 Å². The molecule has 2 N–H and O–H groups in total. The van der Waals surface area contributed by atoms with Gasteiger partial charge in [-0.1, -0.05) is 91.0 Å². The van der Waals surface area contributed by atoms with Crippen molar-refractivity contribution in [3.8, 4) is 5.88 Å². The summed E-state index contributed by atoms with van der Waals surface area (Å²) in [5.41, 5.74) is -0.268. The highest BCUT2D eigenvalue weighted by Gasteiger charge is 2.55. The Morgan fingerprint density at radius 3 is 1.95 bits per heavy atom. The Bertz CT molecular complexity index is 1610. The van der Waals surface area contributed by atoms with Crippen molar-refractivity contribution >= 4 is 17.1 Å². The van der Waals surface area contributed by atoms with Gasteiger partial charge in [-0.3, -0.25) is 9.40 Å². The van der Waals surface area contributed by atoms with Crippen LogP contribution in [0.5, 0.6) is 5.88 Å². The lowest BCUT2D eigenvalue weighted by atomic mass is 9.76. The molecule has 4 atom stereocenters. The Hall–Kier alpha value is -4.42. The molecule has 0 spiro atoms. The maximum absolute atomic E-state index is 16.0. The molecule has 11 heteroatoms. The molecular formula is C33H34FN5O5. The fourth-order valence-corrected chi connectivity index (χ4v) is 6.00. The van der Waals surface area contributed by atoms with Gasteiger partial charge in [0.15, 0.2) is 23.1 Å². The van der Waals surface area contributed by atoms with Gasteiger partial charge in [0, 0.05) is 0 Å². The molecule has 0 radical (unpaired) electrons. The standard InChI is InChI=1S/C33H34FN5O5/c1-4-43-29-26-28(38(21-35-26)30-32(2,34)27(41)25(20-40)44-30)36-31(37-29)39(42-3)33(22-14-8-5-9-15-22,23-16-10-6-11-17-23)24-18-12-7-13-19-24/h5-19,21,25,27,30,40-41H,4,20H2,1-3H3/t25-,27-,30-,32-/m1/s1. The van der Waals surface area contributed by atoms with Gasteiger partial charge >= 0.3 is 0 Å². The zero-order chi connectivity index (χ0) is 30.9. The van der Waals surface area contributed by atoms with Crippen LogP contribution in [-0.4, -0.2) is 67.9 Å². The van der Waals surface area contributed by atoms with Crippen molar-refractivity contribution < 1.29 is 28.9 Å². The lowest BCUT2D eigenvalue weighted by molar-refractivity contribution is -0.0567. The molecule has 5 aromatic rings. The van der Waals surface area contributed by atoms with Gasteiger partial charge in [0.05, 0.1) is 26.7 Å². The minimum atomic E-state index is -2.26. The third-order valence-corrected chi connectivity index (χ3v) is 8.05. The van der Waals surface area contributed by atoms with Gasteiger partial charge in [-0.15, -0.1) is 0 Å². The number of aliphatic hydroxyl groups is 2. The topological polar surface area (TPSA) is 115 Å². The zero-order valence-corrected chi connectivity index (χ0v) is 24.6. The number of fused-ring (bicyclic) bond motifs is 1. The van der Waals surface area contributed by atoms with Gasteiger partial charge in [0.2, 0.25) is 5.88 Å². The second-order valence-electron chi connectivity index (χ2n) is 10.7. The molecule has 1 fully saturated rings. The summed E-state index contributed by atoms with van der Waals surface area (Å²) in [6.45, 7) is 2.77. The average molecular weight is 600 g/mol. The molecule has 1 aliphatic rings. The Morgan fingerprint density at radius 2 is 1.50 bits per heavy atom. The Labute approximate surface area is 254 Å². The summed E-state index contributed by atoms with van der Waals surface area (Å²) >= 11 is 0. The third kappa shape index (κ3) is 4.69. The van der Waals surface area contributed by atoms with Crippen molar-refractivity contribution in [2.75, 3.05) is 25.4 Å². The molecule has 0 saturated carbocycles. The highest BCUT2D eigenvalue weighted by molar-refractivity contribution is 5.78. The van der Waals surface area contributed by atoms with Gasteiger partial charge in [0.25, 0.3) is 5.95 Å².